The third kappa shape index (κ3) is 5.56. The van der Waals surface area contributed by atoms with E-state index in [0.29, 0.717) is 37.2 Å². The molecule has 1 heterocycles. The Hall–Kier alpha value is -2.40. The van der Waals surface area contributed by atoms with Gasteiger partial charge >= 0.3 is 5.63 Å². The number of halogens is 1. The Labute approximate surface area is 152 Å². The van der Waals surface area contributed by atoms with Crippen molar-refractivity contribution >= 4 is 10.8 Å². The van der Waals surface area contributed by atoms with Crippen molar-refractivity contribution in [1.82, 2.24) is 0 Å². The number of allylic oxidation sites excluding steroid dienone is 3. The summed E-state index contributed by atoms with van der Waals surface area (Å²) < 4.78 is 30.2. The van der Waals surface area contributed by atoms with E-state index < -0.39 is 11.4 Å². The molecule has 4 nitrogen and oxygen atoms in total. The molecule has 0 unspecified atom stereocenters. The minimum Gasteiger partial charge on any atom is -0.490 e. The summed E-state index contributed by atoms with van der Waals surface area (Å²) in [5.41, 5.74) is -0.673. The van der Waals surface area contributed by atoms with Crippen LogP contribution in [0, 0.1) is 5.82 Å². The van der Waals surface area contributed by atoms with Gasteiger partial charge in [-0.05, 0) is 36.8 Å². The molecule has 0 aliphatic heterocycles. The minimum absolute atomic E-state index is 0.0544. The van der Waals surface area contributed by atoms with Crippen molar-refractivity contribution in [3.05, 3.63) is 65.0 Å². The normalized spacial score (nSPS) is 11.3. The molecular weight excluding hydrogens is 335 g/mol. The highest BCUT2D eigenvalue weighted by atomic mass is 19.1. The van der Waals surface area contributed by atoms with Crippen molar-refractivity contribution in [2.45, 2.75) is 32.1 Å². The molecule has 0 radical (unpaired) electrons. The maximum absolute atomic E-state index is 14.6. The van der Waals surface area contributed by atoms with Crippen LogP contribution in [0.3, 0.4) is 0 Å². The minimum atomic E-state index is -0.676. The number of rotatable bonds is 11. The van der Waals surface area contributed by atoms with Gasteiger partial charge in [-0.2, -0.15) is 0 Å². The molecule has 1 aromatic carbocycles. The highest BCUT2D eigenvalue weighted by Crippen LogP contribution is 2.25. The lowest BCUT2D eigenvalue weighted by Crippen LogP contribution is -2.07. The maximum atomic E-state index is 14.6. The fourth-order valence-corrected chi connectivity index (χ4v) is 2.57. The average Bonchev–Trinajstić information content (AvgIpc) is 2.63. The van der Waals surface area contributed by atoms with Crippen LogP contribution in [0.25, 0.3) is 10.8 Å². The topological polar surface area (TPSA) is 48.7 Å². The molecule has 5 heteroatoms. The molecule has 0 bridgehead atoms. The molecule has 0 N–H and O–H groups in total. The number of methoxy groups -OCH3 is 1. The van der Waals surface area contributed by atoms with Gasteiger partial charge in [-0.25, -0.2) is 9.18 Å². The van der Waals surface area contributed by atoms with Gasteiger partial charge in [0.2, 0.25) is 0 Å². The second-order valence-electron chi connectivity index (χ2n) is 5.91. The van der Waals surface area contributed by atoms with Crippen molar-refractivity contribution < 1.29 is 18.3 Å². The maximum Gasteiger partial charge on any atom is 0.346 e. The van der Waals surface area contributed by atoms with Crippen molar-refractivity contribution in [1.29, 1.82) is 0 Å². The van der Waals surface area contributed by atoms with E-state index >= 15 is 0 Å². The Morgan fingerprint density at radius 2 is 2.00 bits per heavy atom. The van der Waals surface area contributed by atoms with E-state index in [4.69, 9.17) is 13.9 Å². The number of aryl methyl sites for hydroxylation is 1. The Bertz CT molecular complexity index is 807. The van der Waals surface area contributed by atoms with E-state index in [1.165, 1.54) is 0 Å². The first-order valence-electron chi connectivity index (χ1n) is 8.80. The van der Waals surface area contributed by atoms with Crippen molar-refractivity contribution in [3.63, 3.8) is 0 Å². The smallest absolute Gasteiger partial charge is 0.346 e. The van der Waals surface area contributed by atoms with Gasteiger partial charge in [-0.15, -0.1) is 6.58 Å². The monoisotopic (exact) mass is 360 g/mol. The summed E-state index contributed by atoms with van der Waals surface area (Å²) in [6.45, 7) is 4.52. The molecule has 1 aromatic heterocycles. The molecule has 26 heavy (non-hydrogen) atoms. The zero-order valence-electron chi connectivity index (χ0n) is 15.1. The molecule has 2 aromatic rings. The number of fused-ring (bicyclic) bond motifs is 1. The third-order valence-electron chi connectivity index (χ3n) is 3.90. The van der Waals surface area contributed by atoms with E-state index in [2.05, 4.69) is 12.7 Å². The first-order chi connectivity index (χ1) is 12.7. The van der Waals surface area contributed by atoms with Gasteiger partial charge in [0.1, 0.15) is 11.1 Å². The summed E-state index contributed by atoms with van der Waals surface area (Å²) in [7, 11) is 1.59. The van der Waals surface area contributed by atoms with E-state index in [1.54, 1.807) is 25.3 Å². The van der Waals surface area contributed by atoms with Crippen LogP contribution in [-0.4, -0.2) is 20.3 Å². The first-order valence-corrected chi connectivity index (χ1v) is 8.80. The third-order valence-corrected chi connectivity index (χ3v) is 3.90. The number of hydrogen-bond acceptors (Lipinski definition) is 4. The molecule has 0 aliphatic rings. The van der Waals surface area contributed by atoms with E-state index in [-0.39, 0.29) is 11.1 Å². The summed E-state index contributed by atoms with van der Waals surface area (Å²) in [5, 5.41) is 0.452. The highest BCUT2D eigenvalue weighted by Gasteiger charge is 2.14. The average molecular weight is 360 g/mol. The Morgan fingerprint density at radius 1 is 1.19 bits per heavy atom. The SMILES string of the molecule is C=CCC/C=C/CCc1cc2ccc(OCCCOC)c(F)c2c(=O)o1. The van der Waals surface area contributed by atoms with Gasteiger partial charge in [-0.1, -0.05) is 24.3 Å². The lowest BCUT2D eigenvalue weighted by molar-refractivity contribution is 0.170. The summed E-state index contributed by atoms with van der Waals surface area (Å²) >= 11 is 0. The van der Waals surface area contributed by atoms with Crippen LogP contribution in [0.15, 0.2) is 52.2 Å². The molecule has 0 fully saturated rings. The second-order valence-corrected chi connectivity index (χ2v) is 5.91. The molecular formula is C21H25FO4. The standard InChI is InChI=1S/C21H25FO4/c1-3-4-5-6-7-8-10-17-15-16-11-12-18(25-14-9-13-24-2)20(22)19(16)21(23)26-17/h3,6-7,11-12,15H,1,4-5,8-10,13-14H2,2H3/b7-6+. The van der Waals surface area contributed by atoms with Gasteiger partial charge in [0.25, 0.3) is 0 Å². The molecule has 0 saturated carbocycles. The van der Waals surface area contributed by atoms with Gasteiger partial charge in [0.05, 0.1) is 6.61 Å². The Morgan fingerprint density at radius 3 is 2.77 bits per heavy atom. The van der Waals surface area contributed by atoms with Gasteiger partial charge in [0, 0.05) is 26.6 Å². The number of ether oxygens (including phenoxy) is 2. The Balaban J connectivity index is 2.09. The summed E-state index contributed by atoms with van der Waals surface area (Å²) in [6.07, 6.45) is 9.87. The fourth-order valence-electron chi connectivity index (χ4n) is 2.57. The first kappa shape index (κ1) is 19.9. The quantitative estimate of drug-likeness (QED) is 0.426. The molecule has 0 aliphatic carbocycles. The largest absolute Gasteiger partial charge is 0.490 e. The molecule has 2 rings (SSSR count). The Kier molecular flexibility index (Phi) is 8.09. The van der Waals surface area contributed by atoms with Crippen LogP contribution in [0.2, 0.25) is 0 Å². The molecule has 0 saturated heterocycles. The van der Waals surface area contributed by atoms with Crippen LogP contribution in [-0.2, 0) is 11.2 Å². The fraction of sp³-hybridized carbons (Fsp3) is 0.381. The number of hydrogen-bond donors (Lipinski definition) is 0. The van der Waals surface area contributed by atoms with Crippen LogP contribution >= 0.6 is 0 Å². The predicted octanol–water partition coefficient (Wildman–Crippen LogP) is 4.80. The van der Waals surface area contributed by atoms with Crippen LogP contribution in [0.1, 0.15) is 31.4 Å². The van der Waals surface area contributed by atoms with Gasteiger partial charge < -0.3 is 13.9 Å². The van der Waals surface area contributed by atoms with Gasteiger partial charge in [0.15, 0.2) is 11.6 Å². The van der Waals surface area contributed by atoms with Crippen molar-refractivity contribution in [3.8, 4) is 5.75 Å². The number of unbranched alkanes of at least 4 members (excludes halogenated alkanes) is 1. The van der Waals surface area contributed by atoms with Crippen molar-refractivity contribution in [2.75, 3.05) is 20.3 Å². The molecule has 0 atom stereocenters. The van der Waals surface area contributed by atoms with E-state index in [1.807, 2.05) is 12.2 Å². The molecule has 140 valence electrons. The molecule has 0 amide bonds. The van der Waals surface area contributed by atoms with Crippen LogP contribution in [0.4, 0.5) is 4.39 Å². The van der Waals surface area contributed by atoms with Crippen LogP contribution < -0.4 is 10.4 Å². The zero-order valence-corrected chi connectivity index (χ0v) is 15.1. The lowest BCUT2D eigenvalue weighted by atomic mass is 10.1. The summed E-state index contributed by atoms with van der Waals surface area (Å²) in [4.78, 5) is 12.2. The molecule has 0 spiro atoms. The lowest BCUT2D eigenvalue weighted by Gasteiger charge is -2.09. The van der Waals surface area contributed by atoms with Crippen molar-refractivity contribution in [2.24, 2.45) is 0 Å². The van der Waals surface area contributed by atoms with E-state index in [0.717, 1.165) is 19.3 Å². The zero-order chi connectivity index (χ0) is 18.8. The summed E-state index contributed by atoms with van der Waals surface area (Å²) in [6, 6.07) is 4.94. The predicted molar refractivity (Wildman–Crippen MR) is 101 cm³/mol. The highest BCUT2D eigenvalue weighted by molar-refractivity contribution is 5.83. The van der Waals surface area contributed by atoms with E-state index in [9.17, 15) is 9.18 Å². The van der Waals surface area contributed by atoms with Gasteiger partial charge in [-0.3, -0.25) is 0 Å². The number of benzene rings is 1. The second kappa shape index (κ2) is 10.6. The van der Waals surface area contributed by atoms with Crippen LogP contribution in [0.5, 0.6) is 5.75 Å². The summed E-state index contributed by atoms with van der Waals surface area (Å²) in [5.74, 6) is -0.0765.